The summed E-state index contributed by atoms with van der Waals surface area (Å²) in [6, 6.07) is 4.14. The van der Waals surface area contributed by atoms with E-state index in [4.69, 9.17) is 4.74 Å². The smallest absolute Gasteiger partial charge is 0.163 e. The zero-order valence-corrected chi connectivity index (χ0v) is 14.1. The van der Waals surface area contributed by atoms with Crippen molar-refractivity contribution in [3.63, 3.8) is 0 Å². The van der Waals surface area contributed by atoms with E-state index in [-0.39, 0.29) is 11.2 Å². The molecule has 0 saturated heterocycles. The molecule has 21 heavy (non-hydrogen) atoms. The van der Waals surface area contributed by atoms with Gasteiger partial charge in [-0.2, -0.15) is 0 Å². The number of benzene rings is 1. The third kappa shape index (κ3) is 3.30. The normalized spacial score (nSPS) is 21.5. The number of rotatable bonds is 5. The van der Waals surface area contributed by atoms with Crippen LogP contribution in [0.25, 0.3) is 0 Å². The lowest BCUT2D eigenvalue weighted by molar-refractivity contribution is 0.0843. The second-order valence-electron chi connectivity index (χ2n) is 7.06. The minimum Gasteiger partial charge on any atom is -0.493 e. The van der Waals surface area contributed by atoms with E-state index in [0.29, 0.717) is 12.3 Å². The molecule has 0 saturated carbocycles. The highest BCUT2D eigenvalue weighted by molar-refractivity contribution is 5.99. The Morgan fingerprint density at radius 3 is 2.62 bits per heavy atom. The van der Waals surface area contributed by atoms with Gasteiger partial charge in [-0.15, -0.1) is 0 Å². The monoisotopic (exact) mass is 288 g/mol. The largest absolute Gasteiger partial charge is 0.493 e. The molecule has 116 valence electrons. The fourth-order valence-corrected chi connectivity index (χ4v) is 2.99. The number of carbonyl (C=O) groups is 1. The van der Waals surface area contributed by atoms with Gasteiger partial charge in [0, 0.05) is 12.0 Å². The molecule has 0 N–H and O–H groups in total. The summed E-state index contributed by atoms with van der Waals surface area (Å²) in [5.74, 6) is 1.74. The molecule has 0 heterocycles. The molecule has 0 bridgehead atoms. The van der Waals surface area contributed by atoms with Crippen molar-refractivity contribution < 1.29 is 9.53 Å². The average Bonchev–Trinajstić information content (AvgIpc) is 2.40. The summed E-state index contributed by atoms with van der Waals surface area (Å²) >= 11 is 0. The van der Waals surface area contributed by atoms with E-state index in [2.05, 4.69) is 33.8 Å². The molecule has 0 spiro atoms. The van der Waals surface area contributed by atoms with E-state index in [1.54, 1.807) is 0 Å². The van der Waals surface area contributed by atoms with E-state index < -0.39 is 0 Å². The van der Waals surface area contributed by atoms with Crippen molar-refractivity contribution in [3.05, 3.63) is 28.8 Å². The Morgan fingerprint density at radius 1 is 1.29 bits per heavy atom. The first-order chi connectivity index (χ1) is 9.87. The van der Waals surface area contributed by atoms with Gasteiger partial charge in [0.1, 0.15) is 5.75 Å². The SMILES string of the molecule is CCCCOc1cc2c(cc1C)C(=O)CC(C)(C(C)C)C2. The Kier molecular flexibility index (Phi) is 4.75. The second kappa shape index (κ2) is 6.21. The number of hydrogen-bond donors (Lipinski definition) is 0. The summed E-state index contributed by atoms with van der Waals surface area (Å²) in [6.07, 6.45) is 3.83. The molecule has 1 unspecified atom stereocenters. The Bertz CT molecular complexity index is 531. The lowest BCUT2D eigenvalue weighted by atomic mass is 9.66. The summed E-state index contributed by atoms with van der Waals surface area (Å²) in [6.45, 7) is 11.6. The second-order valence-corrected chi connectivity index (χ2v) is 7.06. The number of unbranched alkanes of at least 4 members (excludes halogenated alkanes) is 1. The van der Waals surface area contributed by atoms with Crippen LogP contribution in [0, 0.1) is 18.3 Å². The highest BCUT2D eigenvalue weighted by Gasteiger charge is 2.37. The van der Waals surface area contributed by atoms with Crippen LogP contribution in [0.1, 0.15) is 68.4 Å². The molecule has 2 heteroatoms. The first-order valence-corrected chi connectivity index (χ1v) is 8.17. The van der Waals surface area contributed by atoms with Crippen LogP contribution in [0.5, 0.6) is 5.75 Å². The Hall–Kier alpha value is -1.31. The molecule has 1 aliphatic rings. The molecular formula is C19H28O2. The maximum Gasteiger partial charge on any atom is 0.163 e. The van der Waals surface area contributed by atoms with Crippen LogP contribution in [-0.2, 0) is 6.42 Å². The molecular weight excluding hydrogens is 260 g/mol. The van der Waals surface area contributed by atoms with Crippen molar-refractivity contribution in [2.45, 2.75) is 60.3 Å². The van der Waals surface area contributed by atoms with Crippen molar-refractivity contribution in [2.24, 2.45) is 11.3 Å². The molecule has 1 aliphatic carbocycles. The van der Waals surface area contributed by atoms with Crippen molar-refractivity contribution in [1.29, 1.82) is 0 Å². The fraction of sp³-hybridized carbons (Fsp3) is 0.632. The minimum absolute atomic E-state index is 0.0695. The summed E-state index contributed by atoms with van der Waals surface area (Å²) in [5.41, 5.74) is 3.22. The first kappa shape index (κ1) is 16.1. The average molecular weight is 288 g/mol. The number of Topliss-reactive ketones (excluding diaryl/α,β-unsaturated/α-hetero) is 1. The van der Waals surface area contributed by atoms with Crippen LogP contribution in [-0.4, -0.2) is 12.4 Å². The maximum atomic E-state index is 12.5. The van der Waals surface area contributed by atoms with Gasteiger partial charge in [0.2, 0.25) is 0 Å². The quantitative estimate of drug-likeness (QED) is 0.715. The van der Waals surface area contributed by atoms with Gasteiger partial charge in [0.05, 0.1) is 6.61 Å². The Balaban J connectivity index is 2.31. The highest BCUT2D eigenvalue weighted by atomic mass is 16.5. The van der Waals surface area contributed by atoms with Crippen molar-refractivity contribution >= 4 is 5.78 Å². The predicted molar refractivity (Wildman–Crippen MR) is 87.2 cm³/mol. The zero-order valence-electron chi connectivity index (χ0n) is 14.1. The van der Waals surface area contributed by atoms with E-state index in [1.165, 1.54) is 5.56 Å². The van der Waals surface area contributed by atoms with Gasteiger partial charge in [-0.25, -0.2) is 0 Å². The van der Waals surface area contributed by atoms with Gasteiger partial charge in [0.25, 0.3) is 0 Å². The maximum absolute atomic E-state index is 12.5. The van der Waals surface area contributed by atoms with Crippen LogP contribution < -0.4 is 4.74 Å². The molecule has 0 aromatic heterocycles. The van der Waals surface area contributed by atoms with E-state index >= 15 is 0 Å². The number of ether oxygens (including phenoxy) is 1. The molecule has 2 nitrogen and oxygen atoms in total. The van der Waals surface area contributed by atoms with Gasteiger partial charge in [-0.05, 0) is 54.4 Å². The summed E-state index contributed by atoms with van der Waals surface area (Å²) in [4.78, 5) is 12.5. The molecule has 0 radical (unpaired) electrons. The lowest BCUT2D eigenvalue weighted by Gasteiger charge is -2.38. The van der Waals surface area contributed by atoms with Gasteiger partial charge in [-0.3, -0.25) is 4.79 Å². The van der Waals surface area contributed by atoms with Gasteiger partial charge in [-0.1, -0.05) is 34.1 Å². The number of hydrogen-bond acceptors (Lipinski definition) is 2. The zero-order chi connectivity index (χ0) is 15.6. The molecule has 1 atom stereocenters. The fourth-order valence-electron chi connectivity index (χ4n) is 2.99. The van der Waals surface area contributed by atoms with Crippen molar-refractivity contribution in [1.82, 2.24) is 0 Å². The first-order valence-electron chi connectivity index (χ1n) is 8.17. The van der Waals surface area contributed by atoms with Crippen LogP contribution >= 0.6 is 0 Å². The molecule has 2 rings (SSSR count). The predicted octanol–water partition coefficient (Wildman–Crippen LogP) is 4.97. The van der Waals surface area contributed by atoms with Crippen molar-refractivity contribution in [2.75, 3.05) is 6.61 Å². The molecule has 1 aromatic rings. The Labute approximate surface area is 128 Å². The van der Waals surface area contributed by atoms with Crippen LogP contribution in [0.3, 0.4) is 0 Å². The van der Waals surface area contributed by atoms with Crippen molar-refractivity contribution in [3.8, 4) is 5.75 Å². The van der Waals surface area contributed by atoms with E-state index in [0.717, 1.165) is 42.7 Å². The molecule has 0 aliphatic heterocycles. The number of carbonyl (C=O) groups excluding carboxylic acids is 1. The lowest BCUT2D eigenvalue weighted by Crippen LogP contribution is -2.34. The molecule has 0 fully saturated rings. The highest BCUT2D eigenvalue weighted by Crippen LogP contribution is 2.42. The third-order valence-electron chi connectivity index (χ3n) is 5.01. The van der Waals surface area contributed by atoms with Gasteiger partial charge >= 0.3 is 0 Å². The van der Waals surface area contributed by atoms with Crippen LogP contribution in [0.15, 0.2) is 12.1 Å². The third-order valence-corrected chi connectivity index (χ3v) is 5.01. The number of fused-ring (bicyclic) bond motifs is 1. The summed E-state index contributed by atoms with van der Waals surface area (Å²) < 4.78 is 5.90. The van der Waals surface area contributed by atoms with Crippen LogP contribution in [0.4, 0.5) is 0 Å². The molecule has 0 amide bonds. The summed E-state index contributed by atoms with van der Waals surface area (Å²) in [5, 5.41) is 0. The van der Waals surface area contributed by atoms with E-state index in [1.807, 2.05) is 13.0 Å². The number of ketones is 1. The number of aryl methyl sites for hydroxylation is 1. The van der Waals surface area contributed by atoms with Gasteiger partial charge < -0.3 is 4.74 Å². The van der Waals surface area contributed by atoms with Gasteiger partial charge in [0.15, 0.2) is 5.78 Å². The molecule has 1 aromatic carbocycles. The standard InChI is InChI=1S/C19H28O2/c1-6-7-8-21-18-10-15-11-19(5,13(2)3)12-17(20)16(15)9-14(18)4/h9-10,13H,6-8,11-12H2,1-5H3. The minimum atomic E-state index is 0.0695. The van der Waals surface area contributed by atoms with E-state index in [9.17, 15) is 4.79 Å². The Morgan fingerprint density at radius 2 is 2.00 bits per heavy atom. The van der Waals surface area contributed by atoms with Crippen LogP contribution in [0.2, 0.25) is 0 Å². The topological polar surface area (TPSA) is 26.3 Å². The summed E-state index contributed by atoms with van der Waals surface area (Å²) in [7, 11) is 0.